The number of nitrogens with one attached hydrogen (secondary N) is 1. The monoisotopic (exact) mass is 342 g/mol. The maximum Gasteiger partial charge on any atom is 0.321 e. The molecule has 0 radical (unpaired) electrons. The van der Waals surface area contributed by atoms with Crippen LogP contribution < -0.4 is 10.1 Å². The summed E-state index contributed by atoms with van der Waals surface area (Å²) in [5.74, 6) is 0.840. The van der Waals surface area contributed by atoms with Crippen molar-refractivity contribution in [2.24, 2.45) is 0 Å². The number of hydrogen-bond donors (Lipinski definition) is 1. The molecule has 1 N–H and O–H groups in total. The van der Waals surface area contributed by atoms with Gasteiger partial charge in [0.15, 0.2) is 0 Å². The summed E-state index contributed by atoms with van der Waals surface area (Å²) in [4.78, 5) is 13.8. The highest BCUT2D eigenvalue weighted by molar-refractivity contribution is 5.89. The Morgan fingerprint density at radius 3 is 2.48 bits per heavy atom. The Kier molecular flexibility index (Phi) is 7.79. The van der Waals surface area contributed by atoms with Crippen molar-refractivity contribution in [1.29, 1.82) is 0 Å². The zero-order valence-corrected chi connectivity index (χ0v) is 14.9. The van der Waals surface area contributed by atoms with Gasteiger partial charge in [0.25, 0.3) is 0 Å². The summed E-state index contributed by atoms with van der Waals surface area (Å²) in [6, 6.07) is 17.3. The minimum Gasteiger partial charge on any atom is -0.491 e. The predicted molar refractivity (Wildman–Crippen MR) is 100.0 cm³/mol. The van der Waals surface area contributed by atoms with E-state index >= 15 is 0 Å². The molecule has 5 nitrogen and oxygen atoms in total. The lowest BCUT2D eigenvalue weighted by Gasteiger charge is -2.19. The van der Waals surface area contributed by atoms with Gasteiger partial charge in [-0.3, -0.25) is 0 Å². The number of nitrogens with zero attached hydrogens (tertiary/aromatic N) is 1. The molecule has 0 bridgehead atoms. The third-order valence-corrected chi connectivity index (χ3v) is 3.74. The zero-order valence-electron chi connectivity index (χ0n) is 14.9. The van der Waals surface area contributed by atoms with E-state index in [1.807, 2.05) is 68.4 Å². The van der Waals surface area contributed by atoms with E-state index in [9.17, 15) is 4.79 Å². The number of benzene rings is 2. The molecule has 0 saturated carbocycles. The summed E-state index contributed by atoms with van der Waals surface area (Å²) >= 11 is 0. The van der Waals surface area contributed by atoms with Crippen LogP contribution in [0.25, 0.3) is 0 Å². The van der Waals surface area contributed by atoms with E-state index in [2.05, 4.69) is 5.32 Å². The molecule has 0 atom stereocenters. The van der Waals surface area contributed by atoms with E-state index in [4.69, 9.17) is 9.47 Å². The van der Waals surface area contributed by atoms with Crippen molar-refractivity contribution in [1.82, 2.24) is 4.90 Å². The van der Waals surface area contributed by atoms with Gasteiger partial charge in [0.2, 0.25) is 0 Å². The first-order valence-electron chi connectivity index (χ1n) is 8.63. The Bertz CT molecular complexity index is 642. The fourth-order valence-electron chi connectivity index (χ4n) is 2.38. The highest BCUT2D eigenvalue weighted by Gasteiger charge is 2.09. The lowest BCUT2D eigenvalue weighted by molar-refractivity contribution is 0.0889. The quantitative estimate of drug-likeness (QED) is 0.696. The van der Waals surface area contributed by atoms with Crippen molar-refractivity contribution < 1.29 is 14.3 Å². The number of amides is 2. The van der Waals surface area contributed by atoms with Crippen LogP contribution >= 0.6 is 0 Å². The first-order valence-corrected chi connectivity index (χ1v) is 8.63. The van der Waals surface area contributed by atoms with E-state index in [1.165, 1.54) is 0 Å². The number of anilines is 1. The number of ether oxygens (including phenoxy) is 2. The third kappa shape index (κ3) is 6.47. The molecule has 0 aromatic heterocycles. The lowest BCUT2D eigenvalue weighted by atomic mass is 10.2. The molecule has 2 aromatic carbocycles. The average molecular weight is 342 g/mol. The van der Waals surface area contributed by atoms with Gasteiger partial charge in [0.05, 0.1) is 13.2 Å². The summed E-state index contributed by atoms with van der Waals surface area (Å²) in [6.07, 6.45) is 0. The van der Waals surface area contributed by atoms with Crippen molar-refractivity contribution >= 4 is 11.7 Å². The Morgan fingerprint density at radius 1 is 1.00 bits per heavy atom. The molecule has 0 aliphatic rings. The Morgan fingerprint density at radius 2 is 1.76 bits per heavy atom. The third-order valence-electron chi connectivity index (χ3n) is 3.74. The van der Waals surface area contributed by atoms with Crippen LogP contribution in [0.15, 0.2) is 54.6 Å². The Balaban J connectivity index is 1.74. The van der Waals surface area contributed by atoms with Gasteiger partial charge in [-0.25, -0.2) is 4.79 Å². The van der Waals surface area contributed by atoms with E-state index < -0.39 is 0 Å². The Labute approximate surface area is 149 Å². The first kappa shape index (κ1) is 18.8. The van der Waals surface area contributed by atoms with Crippen LogP contribution in [-0.4, -0.2) is 37.2 Å². The van der Waals surface area contributed by atoms with Gasteiger partial charge >= 0.3 is 6.03 Å². The van der Waals surface area contributed by atoms with Gasteiger partial charge in [0.1, 0.15) is 12.4 Å². The molecule has 134 valence electrons. The standard InChI is InChI=1S/C20H26N2O3/c1-3-22(4-2)20(23)21-18-10-8-9-17(15-18)16-24-13-14-25-19-11-6-5-7-12-19/h5-12,15H,3-4,13-14,16H2,1-2H3,(H,21,23). The molecule has 0 saturated heterocycles. The van der Waals surface area contributed by atoms with Crippen molar-refractivity contribution in [2.45, 2.75) is 20.5 Å². The number of carbonyl (C=O) groups excluding carboxylic acids is 1. The molecule has 2 aromatic rings. The molecule has 5 heteroatoms. The molecule has 25 heavy (non-hydrogen) atoms. The summed E-state index contributed by atoms with van der Waals surface area (Å²) < 4.78 is 11.2. The zero-order chi connectivity index (χ0) is 17.9. The molecular formula is C20H26N2O3. The fourth-order valence-corrected chi connectivity index (χ4v) is 2.38. The average Bonchev–Trinajstić information content (AvgIpc) is 2.63. The van der Waals surface area contributed by atoms with Crippen molar-refractivity contribution in [2.75, 3.05) is 31.6 Å². The highest BCUT2D eigenvalue weighted by Crippen LogP contribution is 2.13. The van der Waals surface area contributed by atoms with Crippen LogP contribution in [0.3, 0.4) is 0 Å². The second kappa shape index (κ2) is 10.4. The minimum absolute atomic E-state index is 0.0840. The molecule has 0 aliphatic heterocycles. The van der Waals surface area contributed by atoms with Gasteiger partial charge < -0.3 is 19.7 Å². The molecule has 0 fully saturated rings. The number of urea groups is 1. The topological polar surface area (TPSA) is 50.8 Å². The lowest BCUT2D eigenvalue weighted by Crippen LogP contribution is -2.34. The molecule has 0 aliphatic carbocycles. The number of hydrogen-bond acceptors (Lipinski definition) is 3. The second-order valence-corrected chi connectivity index (χ2v) is 5.52. The van der Waals surface area contributed by atoms with Crippen LogP contribution in [0.4, 0.5) is 10.5 Å². The fraction of sp³-hybridized carbons (Fsp3) is 0.350. The molecule has 0 heterocycles. The van der Waals surface area contributed by atoms with Gasteiger partial charge in [0, 0.05) is 18.8 Å². The summed E-state index contributed by atoms with van der Waals surface area (Å²) in [5, 5.41) is 2.91. The highest BCUT2D eigenvalue weighted by atomic mass is 16.5. The van der Waals surface area contributed by atoms with E-state index in [0.717, 1.165) is 17.0 Å². The van der Waals surface area contributed by atoms with Crippen LogP contribution in [-0.2, 0) is 11.3 Å². The van der Waals surface area contributed by atoms with Crippen LogP contribution in [0.2, 0.25) is 0 Å². The van der Waals surface area contributed by atoms with Gasteiger partial charge in [-0.15, -0.1) is 0 Å². The first-order chi connectivity index (χ1) is 12.2. The van der Waals surface area contributed by atoms with Gasteiger partial charge in [-0.1, -0.05) is 30.3 Å². The molecule has 0 unspecified atom stereocenters. The minimum atomic E-state index is -0.0840. The van der Waals surface area contributed by atoms with Crippen LogP contribution in [0.5, 0.6) is 5.75 Å². The van der Waals surface area contributed by atoms with E-state index in [1.54, 1.807) is 4.90 Å². The van der Waals surface area contributed by atoms with Crippen molar-refractivity contribution in [3.8, 4) is 5.75 Å². The summed E-state index contributed by atoms with van der Waals surface area (Å²) in [6.45, 7) is 6.79. The van der Waals surface area contributed by atoms with Crippen molar-refractivity contribution in [3.63, 3.8) is 0 Å². The summed E-state index contributed by atoms with van der Waals surface area (Å²) in [5.41, 5.74) is 1.79. The number of rotatable bonds is 9. The maximum atomic E-state index is 12.1. The summed E-state index contributed by atoms with van der Waals surface area (Å²) in [7, 11) is 0. The predicted octanol–water partition coefficient (Wildman–Crippen LogP) is 4.16. The SMILES string of the molecule is CCN(CC)C(=O)Nc1cccc(COCCOc2ccccc2)c1. The van der Waals surface area contributed by atoms with Crippen LogP contribution in [0, 0.1) is 0 Å². The molecule has 2 rings (SSSR count). The van der Waals surface area contributed by atoms with Gasteiger partial charge in [-0.05, 0) is 43.7 Å². The molecular weight excluding hydrogens is 316 g/mol. The van der Waals surface area contributed by atoms with E-state index in [0.29, 0.717) is 32.9 Å². The Hall–Kier alpha value is -2.53. The molecule has 0 spiro atoms. The maximum absolute atomic E-state index is 12.1. The largest absolute Gasteiger partial charge is 0.491 e. The van der Waals surface area contributed by atoms with E-state index in [-0.39, 0.29) is 6.03 Å². The normalized spacial score (nSPS) is 10.3. The van der Waals surface area contributed by atoms with Crippen molar-refractivity contribution in [3.05, 3.63) is 60.2 Å². The molecule has 2 amide bonds. The van der Waals surface area contributed by atoms with Gasteiger partial charge in [-0.2, -0.15) is 0 Å². The number of para-hydroxylation sites is 1. The van der Waals surface area contributed by atoms with Crippen LogP contribution in [0.1, 0.15) is 19.4 Å². The smallest absolute Gasteiger partial charge is 0.321 e. The second-order valence-electron chi connectivity index (χ2n) is 5.52. The number of carbonyl (C=O) groups is 1.